The third-order valence-corrected chi connectivity index (χ3v) is 6.59. The van der Waals surface area contributed by atoms with Crippen LogP contribution in [0.3, 0.4) is 0 Å². The van der Waals surface area contributed by atoms with Crippen LogP contribution in [0, 0.1) is 0 Å². The summed E-state index contributed by atoms with van der Waals surface area (Å²) in [6.07, 6.45) is 0. The summed E-state index contributed by atoms with van der Waals surface area (Å²) in [7, 11) is -2.19. The van der Waals surface area contributed by atoms with Crippen LogP contribution in [0.5, 0.6) is 0 Å². The Labute approximate surface area is 171 Å². The number of aromatic nitrogens is 2. The SMILES string of the molecule is CN(Cc1nc(-c2ccccc2Cl)no1)S(=O)(=O)Cc1ccc(Cl)c(Cl)c1. The molecule has 0 radical (unpaired) electrons. The fourth-order valence-electron chi connectivity index (χ4n) is 2.31. The first-order valence-electron chi connectivity index (χ1n) is 7.71. The average Bonchev–Trinajstić information content (AvgIpc) is 3.06. The van der Waals surface area contributed by atoms with Gasteiger partial charge < -0.3 is 4.52 Å². The van der Waals surface area contributed by atoms with Gasteiger partial charge in [-0.25, -0.2) is 8.42 Å². The molecular formula is C17H14Cl3N3O3S. The van der Waals surface area contributed by atoms with Crippen LogP contribution in [0.15, 0.2) is 47.0 Å². The van der Waals surface area contributed by atoms with Gasteiger partial charge in [0.25, 0.3) is 0 Å². The van der Waals surface area contributed by atoms with E-state index >= 15 is 0 Å². The van der Waals surface area contributed by atoms with E-state index in [1.165, 1.54) is 13.1 Å². The van der Waals surface area contributed by atoms with E-state index in [0.717, 1.165) is 4.31 Å². The van der Waals surface area contributed by atoms with Gasteiger partial charge in [0.05, 0.1) is 27.4 Å². The van der Waals surface area contributed by atoms with E-state index in [9.17, 15) is 8.42 Å². The average molecular weight is 447 g/mol. The third kappa shape index (κ3) is 4.80. The van der Waals surface area contributed by atoms with Gasteiger partial charge in [0.1, 0.15) is 0 Å². The minimum Gasteiger partial charge on any atom is -0.338 e. The molecule has 27 heavy (non-hydrogen) atoms. The van der Waals surface area contributed by atoms with Gasteiger partial charge in [-0.3, -0.25) is 0 Å². The summed E-state index contributed by atoms with van der Waals surface area (Å²) in [5, 5.41) is 5.01. The summed E-state index contributed by atoms with van der Waals surface area (Å²) in [5.41, 5.74) is 1.13. The van der Waals surface area contributed by atoms with Crippen molar-refractivity contribution >= 4 is 44.8 Å². The second kappa shape index (κ2) is 8.16. The fraction of sp³-hybridized carbons (Fsp3) is 0.176. The predicted octanol–water partition coefficient (Wildman–Crippen LogP) is 4.66. The van der Waals surface area contributed by atoms with Gasteiger partial charge in [0.15, 0.2) is 0 Å². The first-order chi connectivity index (χ1) is 12.8. The molecule has 10 heteroatoms. The third-order valence-electron chi connectivity index (χ3n) is 3.75. The monoisotopic (exact) mass is 445 g/mol. The molecule has 0 atom stereocenters. The highest BCUT2D eigenvalue weighted by atomic mass is 35.5. The molecule has 3 aromatic rings. The summed E-state index contributed by atoms with van der Waals surface area (Å²) in [4.78, 5) is 4.22. The maximum Gasteiger partial charge on any atom is 0.242 e. The molecule has 0 bridgehead atoms. The normalized spacial score (nSPS) is 11.9. The summed E-state index contributed by atoms with van der Waals surface area (Å²) in [5.74, 6) is 0.224. The molecule has 0 saturated heterocycles. The van der Waals surface area contributed by atoms with Gasteiger partial charge >= 0.3 is 0 Å². The highest BCUT2D eigenvalue weighted by molar-refractivity contribution is 7.88. The minimum absolute atomic E-state index is 0.0683. The van der Waals surface area contributed by atoms with Crippen molar-refractivity contribution in [3.05, 3.63) is 69.0 Å². The number of hydrogen-bond donors (Lipinski definition) is 0. The minimum atomic E-state index is -3.63. The summed E-state index contributed by atoms with van der Waals surface area (Å²) in [6, 6.07) is 11.7. The van der Waals surface area contributed by atoms with Crippen molar-refractivity contribution < 1.29 is 12.9 Å². The molecule has 142 valence electrons. The van der Waals surface area contributed by atoms with E-state index in [1.54, 1.807) is 36.4 Å². The van der Waals surface area contributed by atoms with Gasteiger partial charge in [-0.1, -0.05) is 58.2 Å². The second-order valence-electron chi connectivity index (χ2n) is 5.75. The summed E-state index contributed by atoms with van der Waals surface area (Å²) in [6.45, 7) is -0.0683. The van der Waals surface area contributed by atoms with Crippen LogP contribution in [0.4, 0.5) is 0 Å². The van der Waals surface area contributed by atoms with Crippen LogP contribution in [-0.4, -0.2) is 29.9 Å². The van der Waals surface area contributed by atoms with Crippen molar-refractivity contribution in [3.8, 4) is 11.4 Å². The van der Waals surface area contributed by atoms with Gasteiger partial charge in [0.2, 0.25) is 21.7 Å². The first-order valence-corrected chi connectivity index (χ1v) is 10.5. The van der Waals surface area contributed by atoms with E-state index in [4.69, 9.17) is 39.3 Å². The van der Waals surface area contributed by atoms with Crippen LogP contribution in [0.25, 0.3) is 11.4 Å². The molecule has 6 nitrogen and oxygen atoms in total. The van der Waals surface area contributed by atoms with Crippen molar-refractivity contribution in [1.29, 1.82) is 0 Å². The van der Waals surface area contributed by atoms with Crippen LogP contribution in [-0.2, 0) is 22.3 Å². The first kappa shape index (κ1) is 20.1. The molecular weight excluding hydrogens is 433 g/mol. The van der Waals surface area contributed by atoms with Crippen molar-refractivity contribution in [2.45, 2.75) is 12.3 Å². The van der Waals surface area contributed by atoms with E-state index in [2.05, 4.69) is 10.1 Å². The predicted molar refractivity (Wildman–Crippen MR) is 105 cm³/mol. The zero-order chi connectivity index (χ0) is 19.6. The van der Waals surface area contributed by atoms with E-state index < -0.39 is 10.0 Å². The zero-order valence-corrected chi connectivity index (χ0v) is 17.1. The summed E-state index contributed by atoms with van der Waals surface area (Å²) >= 11 is 17.9. The van der Waals surface area contributed by atoms with Crippen molar-refractivity contribution in [1.82, 2.24) is 14.4 Å². The lowest BCUT2D eigenvalue weighted by atomic mass is 10.2. The molecule has 0 saturated carbocycles. The van der Waals surface area contributed by atoms with E-state index in [0.29, 0.717) is 32.0 Å². The highest BCUT2D eigenvalue weighted by Crippen LogP contribution is 2.26. The topological polar surface area (TPSA) is 76.3 Å². The molecule has 0 aliphatic heterocycles. The molecule has 3 rings (SSSR count). The fourth-order valence-corrected chi connectivity index (χ4v) is 3.98. The molecule has 0 N–H and O–H groups in total. The Balaban J connectivity index is 1.73. The Bertz CT molecular complexity index is 1070. The largest absolute Gasteiger partial charge is 0.338 e. The number of benzene rings is 2. The molecule has 0 amide bonds. The lowest BCUT2D eigenvalue weighted by Crippen LogP contribution is -2.27. The molecule has 1 aromatic heterocycles. The van der Waals surface area contributed by atoms with Crippen LogP contribution in [0.1, 0.15) is 11.5 Å². The zero-order valence-electron chi connectivity index (χ0n) is 14.1. The Morgan fingerprint density at radius 1 is 1.04 bits per heavy atom. The lowest BCUT2D eigenvalue weighted by molar-refractivity contribution is 0.336. The molecule has 0 aliphatic rings. The van der Waals surface area contributed by atoms with Gasteiger partial charge in [0, 0.05) is 12.6 Å². The summed E-state index contributed by atoms with van der Waals surface area (Å²) < 4.78 is 31.4. The van der Waals surface area contributed by atoms with Crippen LogP contribution in [0.2, 0.25) is 15.1 Å². The molecule has 2 aromatic carbocycles. The second-order valence-corrected chi connectivity index (χ2v) is 9.05. The van der Waals surface area contributed by atoms with Crippen LogP contribution >= 0.6 is 34.8 Å². The van der Waals surface area contributed by atoms with Crippen molar-refractivity contribution in [3.63, 3.8) is 0 Å². The number of nitrogens with zero attached hydrogens (tertiary/aromatic N) is 3. The van der Waals surface area contributed by atoms with Gasteiger partial charge in [-0.05, 0) is 29.8 Å². The Hall–Kier alpha value is -1.64. The Morgan fingerprint density at radius 3 is 2.48 bits per heavy atom. The van der Waals surface area contributed by atoms with Gasteiger partial charge in [-0.2, -0.15) is 9.29 Å². The van der Waals surface area contributed by atoms with Crippen molar-refractivity contribution in [2.24, 2.45) is 0 Å². The quantitative estimate of drug-likeness (QED) is 0.550. The Kier molecular flexibility index (Phi) is 6.08. The molecule has 0 fully saturated rings. The molecule has 0 aliphatic carbocycles. The standard InChI is InChI=1S/C17H14Cl3N3O3S/c1-23(27(24,25)10-11-6-7-14(19)15(20)8-11)9-16-21-17(22-26-16)12-4-2-3-5-13(12)18/h2-8H,9-10H2,1H3. The maximum absolute atomic E-state index is 12.6. The number of sulfonamides is 1. The Morgan fingerprint density at radius 2 is 1.78 bits per heavy atom. The van der Waals surface area contributed by atoms with E-state index in [1.807, 2.05) is 0 Å². The number of halogens is 3. The number of hydrogen-bond acceptors (Lipinski definition) is 5. The number of rotatable bonds is 6. The maximum atomic E-state index is 12.6. The molecule has 1 heterocycles. The highest BCUT2D eigenvalue weighted by Gasteiger charge is 2.22. The lowest BCUT2D eigenvalue weighted by Gasteiger charge is -2.15. The van der Waals surface area contributed by atoms with Gasteiger partial charge in [-0.15, -0.1) is 0 Å². The van der Waals surface area contributed by atoms with E-state index in [-0.39, 0.29) is 18.2 Å². The van der Waals surface area contributed by atoms with Crippen molar-refractivity contribution in [2.75, 3.05) is 7.05 Å². The van der Waals surface area contributed by atoms with Crippen LogP contribution < -0.4 is 0 Å². The molecule has 0 spiro atoms. The molecule has 0 unspecified atom stereocenters. The smallest absolute Gasteiger partial charge is 0.242 e.